The van der Waals surface area contributed by atoms with E-state index in [1.165, 1.54) is 0 Å². The second-order valence-electron chi connectivity index (χ2n) is 3.32. The van der Waals surface area contributed by atoms with E-state index >= 15 is 0 Å². The fourth-order valence-corrected chi connectivity index (χ4v) is 1.15. The van der Waals surface area contributed by atoms with Crippen molar-refractivity contribution in [3.05, 3.63) is 0 Å². The maximum atomic E-state index is 10.9. The summed E-state index contributed by atoms with van der Waals surface area (Å²) >= 11 is 5.82. The minimum absolute atomic E-state index is 0.180. The van der Waals surface area contributed by atoms with Crippen LogP contribution in [-0.4, -0.2) is 17.5 Å². The Morgan fingerprint density at radius 1 is 1.57 bits per heavy atom. The predicted molar refractivity (Wildman–Crippen MR) is 55.0 cm³/mol. The van der Waals surface area contributed by atoms with Crippen LogP contribution in [0.15, 0.2) is 0 Å². The first-order valence-electron chi connectivity index (χ1n) is 4.77. The van der Waals surface area contributed by atoms with Crippen molar-refractivity contribution in [1.82, 2.24) is 0 Å². The Morgan fingerprint density at radius 3 is 2.71 bits per heavy atom. The highest BCUT2D eigenvalue weighted by Crippen LogP contribution is 2.21. The van der Waals surface area contributed by atoms with Gasteiger partial charge in [0.25, 0.3) is 0 Å². The van der Waals surface area contributed by atoms with Crippen molar-refractivity contribution >= 4 is 17.6 Å². The van der Waals surface area contributed by atoms with E-state index in [9.17, 15) is 4.79 Å². The van der Waals surface area contributed by atoms with Crippen molar-refractivity contribution in [3.8, 4) is 6.07 Å². The third-order valence-electron chi connectivity index (χ3n) is 1.82. The van der Waals surface area contributed by atoms with E-state index in [1.807, 2.05) is 6.07 Å². The molecule has 4 heteroatoms. The lowest BCUT2D eigenvalue weighted by molar-refractivity contribution is -0.143. The Bertz CT molecular complexity index is 221. The number of nitrogens with zero attached hydrogens (tertiary/aromatic N) is 1. The number of carbonyl (C=O) groups excluding carboxylic acids is 1. The van der Waals surface area contributed by atoms with Gasteiger partial charge in [-0.05, 0) is 26.7 Å². The lowest BCUT2D eigenvalue weighted by Crippen LogP contribution is -2.12. The van der Waals surface area contributed by atoms with Crippen molar-refractivity contribution < 1.29 is 9.53 Å². The van der Waals surface area contributed by atoms with Crippen LogP contribution in [0.3, 0.4) is 0 Å². The molecule has 80 valence electrons. The highest BCUT2D eigenvalue weighted by atomic mass is 35.5. The van der Waals surface area contributed by atoms with Crippen LogP contribution >= 0.6 is 11.6 Å². The van der Waals surface area contributed by atoms with E-state index in [0.29, 0.717) is 19.4 Å². The Labute approximate surface area is 90.0 Å². The second kappa shape index (κ2) is 6.67. The fraction of sp³-hybridized carbons (Fsp3) is 0.800. The number of halogens is 1. The summed E-state index contributed by atoms with van der Waals surface area (Å²) in [6.45, 7) is 3.88. The van der Waals surface area contributed by atoms with Gasteiger partial charge in [0.15, 0.2) is 0 Å². The zero-order valence-corrected chi connectivity index (χ0v) is 9.43. The molecule has 0 aromatic carbocycles. The summed E-state index contributed by atoms with van der Waals surface area (Å²) < 4.78 is 4.76. The van der Waals surface area contributed by atoms with Gasteiger partial charge < -0.3 is 4.74 Å². The molecular formula is C10H16ClNO2. The minimum Gasteiger partial charge on any atom is -0.466 e. The number of nitriles is 1. The van der Waals surface area contributed by atoms with E-state index in [0.717, 1.165) is 12.8 Å². The van der Waals surface area contributed by atoms with Gasteiger partial charge in [0, 0.05) is 6.42 Å². The Hall–Kier alpha value is -0.750. The molecule has 0 spiro atoms. The smallest absolute Gasteiger partial charge is 0.305 e. The Morgan fingerprint density at radius 2 is 2.21 bits per heavy atom. The number of rotatable bonds is 6. The summed E-state index contributed by atoms with van der Waals surface area (Å²) in [6, 6.07) is 2.00. The van der Waals surface area contributed by atoms with Crippen molar-refractivity contribution in [1.29, 1.82) is 5.26 Å². The summed E-state index contributed by atoms with van der Waals surface area (Å²) in [7, 11) is 0. The number of unbranched alkanes of at least 4 members (excludes halogenated alkanes) is 1. The molecule has 0 aromatic heterocycles. The number of hydrogen-bond acceptors (Lipinski definition) is 3. The molecule has 3 nitrogen and oxygen atoms in total. The Balaban J connectivity index is 3.48. The number of carbonyl (C=O) groups is 1. The molecule has 0 aliphatic carbocycles. The van der Waals surface area contributed by atoms with E-state index < -0.39 is 4.87 Å². The van der Waals surface area contributed by atoms with Crippen molar-refractivity contribution in [3.63, 3.8) is 0 Å². The largest absolute Gasteiger partial charge is 0.466 e. The van der Waals surface area contributed by atoms with Gasteiger partial charge >= 0.3 is 5.97 Å². The summed E-state index contributed by atoms with van der Waals surface area (Å²) in [5.74, 6) is -0.180. The third kappa shape index (κ3) is 6.73. The maximum absolute atomic E-state index is 10.9. The molecule has 0 bridgehead atoms. The summed E-state index contributed by atoms with van der Waals surface area (Å²) in [4.78, 5) is 10.1. The number of hydrogen-bond donors (Lipinski definition) is 0. The zero-order valence-electron chi connectivity index (χ0n) is 8.68. The molecule has 0 radical (unpaired) electrons. The Kier molecular flexibility index (Phi) is 6.31. The molecule has 1 unspecified atom stereocenters. The molecule has 0 fully saturated rings. The van der Waals surface area contributed by atoms with Gasteiger partial charge in [-0.3, -0.25) is 4.79 Å². The van der Waals surface area contributed by atoms with Gasteiger partial charge in [-0.15, -0.1) is 11.6 Å². The first-order valence-corrected chi connectivity index (χ1v) is 5.15. The second-order valence-corrected chi connectivity index (χ2v) is 4.16. The summed E-state index contributed by atoms with van der Waals surface area (Å²) in [5, 5.41) is 8.61. The molecule has 0 aromatic rings. The van der Waals surface area contributed by atoms with Crippen LogP contribution in [0, 0.1) is 11.3 Å². The van der Waals surface area contributed by atoms with Crippen LogP contribution < -0.4 is 0 Å². The molecule has 1 atom stereocenters. The SMILES string of the molecule is CCOC(=O)CCCCC(C)(Cl)C#N. The molecule has 0 rings (SSSR count). The average molecular weight is 218 g/mol. The van der Waals surface area contributed by atoms with Crippen LogP contribution in [0.5, 0.6) is 0 Å². The molecular weight excluding hydrogens is 202 g/mol. The van der Waals surface area contributed by atoms with E-state index in [4.69, 9.17) is 21.6 Å². The standard InChI is InChI=1S/C10H16ClNO2/c1-3-14-9(13)6-4-5-7-10(2,11)8-12/h3-7H2,1-2H3. The molecule has 0 aliphatic heterocycles. The van der Waals surface area contributed by atoms with E-state index in [2.05, 4.69) is 0 Å². The van der Waals surface area contributed by atoms with Gasteiger partial charge in [-0.2, -0.15) is 5.26 Å². The third-order valence-corrected chi connectivity index (χ3v) is 2.09. The minimum atomic E-state index is -0.797. The highest BCUT2D eigenvalue weighted by Gasteiger charge is 2.18. The molecule has 0 heterocycles. The molecule has 14 heavy (non-hydrogen) atoms. The molecule has 0 amide bonds. The number of esters is 1. The van der Waals surface area contributed by atoms with Crippen LogP contribution in [-0.2, 0) is 9.53 Å². The zero-order chi connectivity index (χ0) is 11.0. The normalized spacial score (nSPS) is 14.1. The van der Waals surface area contributed by atoms with Crippen molar-refractivity contribution in [2.45, 2.75) is 44.4 Å². The van der Waals surface area contributed by atoms with E-state index in [-0.39, 0.29) is 5.97 Å². The monoisotopic (exact) mass is 217 g/mol. The van der Waals surface area contributed by atoms with Crippen LogP contribution in [0.1, 0.15) is 39.5 Å². The topological polar surface area (TPSA) is 50.1 Å². The lowest BCUT2D eigenvalue weighted by atomic mass is 10.0. The number of ether oxygens (including phenoxy) is 1. The quantitative estimate of drug-likeness (QED) is 0.391. The highest BCUT2D eigenvalue weighted by molar-refractivity contribution is 6.25. The predicted octanol–water partition coefficient (Wildman–Crippen LogP) is 2.63. The first-order chi connectivity index (χ1) is 6.52. The molecule has 0 saturated heterocycles. The van der Waals surface area contributed by atoms with E-state index in [1.54, 1.807) is 13.8 Å². The number of alkyl halides is 1. The lowest BCUT2D eigenvalue weighted by Gasteiger charge is -2.11. The van der Waals surface area contributed by atoms with Crippen molar-refractivity contribution in [2.24, 2.45) is 0 Å². The first kappa shape index (κ1) is 13.2. The summed E-state index contributed by atoms with van der Waals surface area (Å²) in [6.07, 6.45) is 2.51. The maximum Gasteiger partial charge on any atom is 0.305 e. The molecule has 0 N–H and O–H groups in total. The molecule has 0 aliphatic rings. The van der Waals surface area contributed by atoms with Gasteiger partial charge in [-0.25, -0.2) is 0 Å². The van der Waals surface area contributed by atoms with Crippen LogP contribution in [0.4, 0.5) is 0 Å². The van der Waals surface area contributed by atoms with Crippen LogP contribution in [0.2, 0.25) is 0 Å². The van der Waals surface area contributed by atoms with Gasteiger partial charge in [-0.1, -0.05) is 6.42 Å². The summed E-state index contributed by atoms with van der Waals surface area (Å²) in [5.41, 5.74) is 0. The van der Waals surface area contributed by atoms with Crippen LogP contribution in [0.25, 0.3) is 0 Å². The van der Waals surface area contributed by atoms with Gasteiger partial charge in [0.2, 0.25) is 0 Å². The van der Waals surface area contributed by atoms with Crippen molar-refractivity contribution in [2.75, 3.05) is 6.61 Å². The molecule has 0 saturated carbocycles. The fourth-order valence-electron chi connectivity index (χ4n) is 1.02. The average Bonchev–Trinajstić information content (AvgIpc) is 2.13. The van der Waals surface area contributed by atoms with Gasteiger partial charge in [0.1, 0.15) is 4.87 Å². The van der Waals surface area contributed by atoms with Gasteiger partial charge in [0.05, 0.1) is 12.7 Å².